The predicted molar refractivity (Wildman–Crippen MR) is 41.4 cm³/mol. The first-order chi connectivity index (χ1) is 5.65. The van der Waals surface area contributed by atoms with Crippen molar-refractivity contribution in [1.29, 1.82) is 0 Å². The van der Waals surface area contributed by atoms with Crippen LogP contribution in [0.2, 0.25) is 0 Å². The van der Waals surface area contributed by atoms with Crippen LogP contribution in [0.1, 0.15) is 18.5 Å². The molecule has 1 rings (SSSR count). The van der Waals surface area contributed by atoms with E-state index in [4.69, 9.17) is 6.57 Å². The molecule has 0 saturated carbocycles. The molecule has 12 heavy (non-hydrogen) atoms. The van der Waals surface area contributed by atoms with Crippen molar-refractivity contribution in [3.8, 4) is 0 Å². The molecule has 1 atom stereocenters. The number of benzene rings is 1. The Balaban J connectivity index is 3.11. The molecule has 1 aromatic carbocycles. The van der Waals surface area contributed by atoms with Crippen molar-refractivity contribution in [2.75, 3.05) is 0 Å². The van der Waals surface area contributed by atoms with Crippen molar-refractivity contribution in [2.24, 2.45) is 0 Å². The van der Waals surface area contributed by atoms with Gasteiger partial charge in [0.25, 0.3) is 0 Å². The van der Waals surface area contributed by atoms with Crippen LogP contribution in [-0.2, 0) is 0 Å². The molecule has 3 heteroatoms. The van der Waals surface area contributed by atoms with Crippen molar-refractivity contribution < 1.29 is 8.78 Å². The molecule has 0 unspecified atom stereocenters. The van der Waals surface area contributed by atoms with Crippen LogP contribution in [0.3, 0.4) is 0 Å². The summed E-state index contributed by atoms with van der Waals surface area (Å²) < 4.78 is 25.3. The summed E-state index contributed by atoms with van der Waals surface area (Å²) >= 11 is 0. The third-order valence-corrected chi connectivity index (χ3v) is 1.61. The van der Waals surface area contributed by atoms with E-state index in [0.717, 1.165) is 12.1 Å². The van der Waals surface area contributed by atoms with Gasteiger partial charge < -0.3 is 4.85 Å². The molecule has 0 bridgehead atoms. The van der Waals surface area contributed by atoms with E-state index in [1.807, 2.05) is 0 Å². The molecule has 62 valence electrons. The van der Waals surface area contributed by atoms with Crippen molar-refractivity contribution in [3.05, 3.63) is 46.8 Å². The van der Waals surface area contributed by atoms with Gasteiger partial charge in [0.2, 0.25) is 6.04 Å². The van der Waals surface area contributed by atoms with Gasteiger partial charge in [-0.05, 0) is 12.1 Å². The van der Waals surface area contributed by atoms with E-state index >= 15 is 0 Å². The van der Waals surface area contributed by atoms with Crippen LogP contribution >= 0.6 is 0 Å². The lowest BCUT2D eigenvalue weighted by molar-refractivity contribution is 0.569. The fourth-order valence-electron chi connectivity index (χ4n) is 0.910. The highest BCUT2D eigenvalue weighted by Crippen LogP contribution is 2.20. The van der Waals surface area contributed by atoms with Crippen LogP contribution in [0.4, 0.5) is 8.78 Å². The molecule has 0 saturated heterocycles. The Hall–Kier alpha value is -1.43. The zero-order valence-electron chi connectivity index (χ0n) is 6.51. The monoisotopic (exact) mass is 167 g/mol. The lowest BCUT2D eigenvalue weighted by Gasteiger charge is -2.00. The Morgan fingerprint density at radius 2 is 2.08 bits per heavy atom. The fraction of sp³-hybridized carbons (Fsp3) is 0.222. The zero-order valence-corrected chi connectivity index (χ0v) is 6.51. The lowest BCUT2D eigenvalue weighted by atomic mass is 10.1. The topological polar surface area (TPSA) is 4.36 Å². The maximum atomic E-state index is 12.9. The van der Waals surface area contributed by atoms with Crippen LogP contribution in [0.15, 0.2) is 18.2 Å². The number of hydrogen-bond acceptors (Lipinski definition) is 0. The summed E-state index contributed by atoms with van der Waals surface area (Å²) in [5.74, 6) is -1.27. The van der Waals surface area contributed by atoms with Crippen LogP contribution in [0, 0.1) is 18.2 Å². The molecule has 0 fully saturated rings. The van der Waals surface area contributed by atoms with Gasteiger partial charge in [0.05, 0.1) is 5.56 Å². The van der Waals surface area contributed by atoms with E-state index in [9.17, 15) is 8.78 Å². The molecule has 0 amide bonds. The Bertz CT molecular complexity index is 328. The molecular formula is C9H7F2N. The van der Waals surface area contributed by atoms with Gasteiger partial charge in [-0.2, -0.15) is 0 Å². The van der Waals surface area contributed by atoms with Gasteiger partial charge in [0.1, 0.15) is 11.6 Å². The Kier molecular flexibility index (Phi) is 2.39. The minimum Gasteiger partial charge on any atom is -0.309 e. The largest absolute Gasteiger partial charge is 0.309 e. The summed E-state index contributed by atoms with van der Waals surface area (Å²) in [7, 11) is 0. The molecule has 0 spiro atoms. The Morgan fingerprint density at radius 1 is 1.42 bits per heavy atom. The predicted octanol–water partition coefficient (Wildman–Crippen LogP) is 2.95. The number of rotatable bonds is 1. The standard InChI is InChI=1S/C9H7F2N/c1-6(12-2)8-4-3-7(10)5-9(8)11/h3-6H,1H3/t6-/m0/s1. The zero-order chi connectivity index (χ0) is 9.14. The quantitative estimate of drug-likeness (QED) is 0.566. The average molecular weight is 167 g/mol. The van der Waals surface area contributed by atoms with Gasteiger partial charge in [0, 0.05) is 13.0 Å². The molecule has 0 radical (unpaired) electrons. The summed E-state index contributed by atoms with van der Waals surface area (Å²) in [6.07, 6.45) is 0. The summed E-state index contributed by atoms with van der Waals surface area (Å²) in [6, 6.07) is 2.69. The normalized spacial score (nSPS) is 12.2. The van der Waals surface area contributed by atoms with Crippen molar-refractivity contribution in [2.45, 2.75) is 13.0 Å². The molecule has 0 heterocycles. The van der Waals surface area contributed by atoms with Crippen LogP contribution < -0.4 is 0 Å². The van der Waals surface area contributed by atoms with E-state index < -0.39 is 17.7 Å². The minimum atomic E-state index is -0.654. The second-order valence-electron chi connectivity index (χ2n) is 2.47. The van der Waals surface area contributed by atoms with Crippen LogP contribution in [-0.4, -0.2) is 0 Å². The fourth-order valence-corrected chi connectivity index (χ4v) is 0.910. The molecule has 1 aromatic rings. The SMILES string of the molecule is [C-]#[N+][C@@H](C)c1ccc(F)cc1F. The second-order valence-corrected chi connectivity index (χ2v) is 2.47. The highest BCUT2D eigenvalue weighted by molar-refractivity contribution is 5.23. The smallest absolute Gasteiger partial charge is 0.248 e. The van der Waals surface area contributed by atoms with Crippen LogP contribution in [0.25, 0.3) is 4.85 Å². The first-order valence-electron chi connectivity index (χ1n) is 3.46. The third-order valence-electron chi connectivity index (χ3n) is 1.61. The Labute approximate surface area is 69.5 Å². The van der Waals surface area contributed by atoms with Crippen molar-refractivity contribution in [1.82, 2.24) is 0 Å². The maximum absolute atomic E-state index is 12.9. The first kappa shape index (κ1) is 8.66. The summed E-state index contributed by atoms with van der Waals surface area (Å²) in [6.45, 7) is 8.23. The number of hydrogen-bond donors (Lipinski definition) is 0. The Morgan fingerprint density at radius 3 is 2.58 bits per heavy atom. The highest BCUT2D eigenvalue weighted by Gasteiger charge is 2.14. The highest BCUT2D eigenvalue weighted by atomic mass is 19.1. The summed E-state index contributed by atoms with van der Waals surface area (Å²) in [5.41, 5.74) is 0.242. The third kappa shape index (κ3) is 1.59. The van der Waals surface area contributed by atoms with E-state index in [-0.39, 0.29) is 5.56 Å². The van der Waals surface area contributed by atoms with Crippen LogP contribution in [0.5, 0.6) is 0 Å². The molecule has 0 aromatic heterocycles. The van der Waals surface area contributed by atoms with E-state index in [0.29, 0.717) is 0 Å². The van der Waals surface area contributed by atoms with Gasteiger partial charge in [0.15, 0.2) is 0 Å². The maximum Gasteiger partial charge on any atom is 0.248 e. The molecule has 0 aliphatic rings. The summed E-state index contributed by atoms with van der Waals surface area (Å²) in [5, 5.41) is 0. The van der Waals surface area contributed by atoms with E-state index in [1.54, 1.807) is 6.92 Å². The van der Waals surface area contributed by atoms with Crippen molar-refractivity contribution in [3.63, 3.8) is 0 Å². The number of halogens is 2. The molecule has 1 nitrogen and oxygen atoms in total. The van der Waals surface area contributed by atoms with Gasteiger partial charge in [-0.15, -0.1) is 0 Å². The van der Waals surface area contributed by atoms with Gasteiger partial charge >= 0.3 is 0 Å². The van der Waals surface area contributed by atoms with Gasteiger partial charge in [-0.1, -0.05) is 0 Å². The molecule has 0 N–H and O–H groups in total. The number of nitrogens with zero attached hydrogens (tertiary/aromatic N) is 1. The first-order valence-corrected chi connectivity index (χ1v) is 3.46. The molecular weight excluding hydrogens is 160 g/mol. The summed E-state index contributed by atoms with van der Waals surface area (Å²) in [4.78, 5) is 3.14. The minimum absolute atomic E-state index is 0.242. The van der Waals surface area contributed by atoms with E-state index in [2.05, 4.69) is 4.85 Å². The van der Waals surface area contributed by atoms with E-state index in [1.165, 1.54) is 6.07 Å². The van der Waals surface area contributed by atoms with Crippen molar-refractivity contribution >= 4 is 0 Å². The van der Waals surface area contributed by atoms with Gasteiger partial charge in [-0.25, -0.2) is 15.4 Å². The average Bonchev–Trinajstić information content (AvgIpc) is 2.03. The molecule has 0 aliphatic heterocycles. The molecule has 0 aliphatic carbocycles. The van der Waals surface area contributed by atoms with Gasteiger partial charge in [-0.3, -0.25) is 0 Å². The lowest BCUT2D eigenvalue weighted by Crippen LogP contribution is -1.93. The second kappa shape index (κ2) is 3.31.